The Hall–Kier alpha value is -2.82. The zero-order valence-corrected chi connectivity index (χ0v) is 19.8. The highest BCUT2D eigenvalue weighted by Gasteiger charge is 2.31. The van der Waals surface area contributed by atoms with E-state index in [1.54, 1.807) is 0 Å². The number of amides is 2. The lowest BCUT2D eigenvalue weighted by Gasteiger charge is -2.33. The van der Waals surface area contributed by atoms with Crippen molar-refractivity contribution in [3.05, 3.63) is 60.2 Å². The van der Waals surface area contributed by atoms with Crippen molar-refractivity contribution in [1.82, 2.24) is 10.2 Å². The number of carbonyl (C=O) groups excluding carboxylic acids is 2. The molecule has 0 aliphatic carbocycles. The number of hydrogen-bond acceptors (Lipinski definition) is 3. The summed E-state index contributed by atoms with van der Waals surface area (Å²) in [5.41, 5.74) is 2.27. The molecule has 0 bridgehead atoms. The van der Waals surface area contributed by atoms with E-state index in [-0.39, 0.29) is 5.91 Å². The lowest BCUT2D eigenvalue weighted by Crippen LogP contribution is -2.50. The summed E-state index contributed by atoms with van der Waals surface area (Å²) in [7, 11) is 0. The van der Waals surface area contributed by atoms with Gasteiger partial charge in [-0.05, 0) is 70.1 Å². The van der Waals surface area contributed by atoms with E-state index in [2.05, 4.69) is 41.7 Å². The minimum Gasteiger partial charge on any atom is -0.444 e. The van der Waals surface area contributed by atoms with E-state index in [9.17, 15) is 9.59 Å². The normalized spacial score (nSPS) is 15.8. The zero-order valence-electron chi connectivity index (χ0n) is 19.8. The first kappa shape index (κ1) is 23.8. The predicted octanol–water partition coefficient (Wildman–Crippen LogP) is 5.58. The molecule has 32 heavy (non-hydrogen) atoms. The van der Waals surface area contributed by atoms with E-state index in [1.165, 1.54) is 5.56 Å². The summed E-state index contributed by atoms with van der Waals surface area (Å²) in [5.74, 6) is 0.166. The Bertz CT molecular complexity index is 897. The van der Waals surface area contributed by atoms with Crippen molar-refractivity contribution < 1.29 is 14.3 Å². The lowest BCUT2D eigenvalue weighted by atomic mass is 9.87. The molecule has 5 heteroatoms. The number of carbonyl (C=O) groups is 2. The number of rotatable bonds is 7. The second-order valence-electron chi connectivity index (χ2n) is 10.0. The largest absolute Gasteiger partial charge is 0.444 e. The highest BCUT2D eigenvalue weighted by Crippen LogP contribution is 2.25. The molecule has 2 amide bonds. The Morgan fingerprint density at radius 3 is 2.09 bits per heavy atom. The number of alkyl carbamates (subject to hydrolysis) is 1. The molecule has 3 rings (SSSR count). The fraction of sp³-hybridized carbons (Fsp3) is 0.481. The number of nitrogens with zero attached hydrogens (tertiary/aromatic N) is 1. The van der Waals surface area contributed by atoms with Gasteiger partial charge in [0, 0.05) is 25.0 Å². The molecule has 1 N–H and O–H groups in total. The van der Waals surface area contributed by atoms with Gasteiger partial charge in [0.2, 0.25) is 5.91 Å². The monoisotopic (exact) mass is 436 g/mol. The van der Waals surface area contributed by atoms with Gasteiger partial charge in [-0.15, -0.1) is 0 Å². The molecule has 0 unspecified atom stereocenters. The number of hydrogen-bond donors (Lipinski definition) is 1. The smallest absolute Gasteiger partial charge is 0.408 e. The van der Waals surface area contributed by atoms with Crippen LogP contribution in [0.3, 0.4) is 0 Å². The van der Waals surface area contributed by atoms with Crippen LogP contribution in [-0.2, 0) is 16.0 Å². The van der Waals surface area contributed by atoms with E-state index < -0.39 is 17.2 Å². The van der Waals surface area contributed by atoms with Gasteiger partial charge in [-0.25, -0.2) is 4.79 Å². The molecule has 1 aliphatic heterocycles. The van der Waals surface area contributed by atoms with Crippen molar-refractivity contribution >= 4 is 12.0 Å². The van der Waals surface area contributed by atoms with E-state index in [4.69, 9.17) is 4.74 Å². The van der Waals surface area contributed by atoms with Crippen LogP contribution >= 0.6 is 0 Å². The summed E-state index contributed by atoms with van der Waals surface area (Å²) in [6.45, 7) is 9.24. The molecule has 0 aromatic heterocycles. The van der Waals surface area contributed by atoms with Gasteiger partial charge in [-0.1, -0.05) is 54.6 Å². The third-order valence-corrected chi connectivity index (χ3v) is 5.81. The molecular formula is C27H36N2O3. The Morgan fingerprint density at radius 2 is 1.50 bits per heavy atom. The highest BCUT2D eigenvalue weighted by atomic mass is 16.6. The third-order valence-electron chi connectivity index (χ3n) is 5.81. The fourth-order valence-electron chi connectivity index (χ4n) is 4.15. The second-order valence-corrected chi connectivity index (χ2v) is 10.0. The number of benzene rings is 2. The maximum Gasteiger partial charge on any atom is 0.408 e. The first-order valence-electron chi connectivity index (χ1n) is 11.6. The molecule has 0 spiro atoms. The first-order valence-corrected chi connectivity index (χ1v) is 11.6. The molecule has 0 saturated carbocycles. The first-order chi connectivity index (χ1) is 15.1. The fourth-order valence-corrected chi connectivity index (χ4v) is 4.15. The number of ether oxygens (including phenoxy) is 1. The average Bonchev–Trinajstić information content (AvgIpc) is 3.27. The molecule has 1 fully saturated rings. The lowest BCUT2D eigenvalue weighted by molar-refractivity contribution is -0.130. The van der Waals surface area contributed by atoms with Gasteiger partial charge in [-0.2, -0.15) is 0 Å². The average molecular weight is 437 g/mol. The highest BCUT2D eigenvalue weighted by molar-refractivity contribution is 5.76. The van der Waals surface area contributed by atoms with Crippen LogP contribution in [0.25, 0.3) is 11.1 Å². The summed E-state index contributed by atoms with van der Waals surface area (Å²) in [4.78, 5) is 27.2. The molecule has 2 aromatic rings. The third kappa shape index (κ3) is 7.11. The van der Waals surface area contributed by atoms with Gasteiger partial charge in [-0.3, -0.25) is 4.79 Å². The second kappa shape index (κ2) is 10.2. The van der Waals surface area contributed by atoms with Crippen LogP contribution in [0, 0.1) is 0 Å². The van der Waals surface area contributed by atoms with Gasteiger partial charge in [0.05, 0.1) is 0 Å². The van der Waals surface area contributed by atoms with Crippen molar-refractivity contribution in [3.63, 3.8) is 0 Å². The molecule has 172 valence electrons. The number of likely N-dealkylation sites (tertiary alicyclic amines) is 1. The van der Waals surface area contributed by atoms with Crippen molar-refractivity contribution in [1.29, 1.82) is 0 Å². The van der Waals surface area contributed by atoms with E-state index in [1.807, 2.05) is 50.8 Å². The quantitative estimate of drug-likeness (QED) is 0.616. The van der Waals surface area contributed by atoms with Gasteiger partial charge in [0.15, 0.2) is 0 Å². The molecule has 1 atom stereocenters. The zero-order chi connectivity index (χ0) is 23.2. The van der Waals surface area contributed by atoms with Gasteiger partial charge < -0.3 is 15.0 Å². The van der Waals surface area contributed by atoms with Crippen LogP contribution in [0.15, 0.2) is 54.6 Å². The Balaban J connectivity index is 1.71. The minimum atomic E-state index is -0.591. The molecule has 0 radical (unpaired) electrons. The molecule has 5 nitrogen and oxygen atoms in total. The predicted molar refractivity (Wildman–Crippen MR) is 128 cm³/mol. The summed E-state index contributed by atoms with van der Waals surface area (Å²) in [6.07, 6.45) is 3.29. The summed E-state index contributed by atoms with van der Waals surface area (Å²) >= 11 is 0. The van der Waals surface area contributed by atoms with Crippen molar-refractivity contribution in [2.24, 2.45) is 0 Å². The minimum absolute atomic E-state index is 0.166. The van der Waals surface area contributed by atoms with Crippen molar-refractivity contribution in [3.8, 4) is 11.1 Å². The topological polar surface area (TPSA) is 58.6 Å². The van der Waals surface area contributed by atoms with E-state index in [0.717, 1.165) is 37.1 Å². The maximum absolute atomic E-state index is 12.6. The Morgan fingerprint density at radius 1 is 0.906 bits per heavy atom. The van der Waals surface area contributed by atoms with Gasteiger partial charge >= 0.3 is 6.09 Å². The van der Waals surface area contributed by atoms with Crippen LogP contribution in [0.5, 0.6) is 0 Å². The molecule has 1 aliphatic rings. The maximum atomic E-state index is 12.6. The van der Waals surface area contributed by atoms with Crippen LogP contribution in [-0.4, -0.2) is 41.1 Å². The van der Waals surface area contributed by atoms with E-state index >= 15 is 0 Å². The molecular weight excluding hydrogens is 400 g/mol. The van der Waals surface area contributed by atoms with E-state index in [0.29, 0.717) is 19.3 Å². The van der Waals surface area contributed by atoms with Crippen molar-refractivity contribution in [2.75, 3.05) is 13.1 Å². The van der Waals surface area contributed by atoms with Crippen LogP contribution in [0.2, 0.25) is 0 Å². The van der Waals surface area contributed by atoms with Gasteiger partial charge in [0.1, 0.15) is 5.60 Å². The Kier molecular flexibility index (Phi) is 7.60. The summed E-state index contributed by atoms with van der Waals surface area (Å²) in [6, 6.07) is 18.7. The van der Waals surface area contributed by atoms with Crippen LogP contribution in [0.4, 0.5) is 4.79 Å². The molecule has 1 saturated heterocycles. The van der Waals surface area contributed by atoms with Crippen LogP contribution in [0.1, 0.15) is 58.9 Å². The van der Waals surface area contributed by atoms with Crippen LogP contribution < -0.4 is 5.32 Å². The summed E-state index contributed by atoms with van der Waals surface area (Å²) in [5, 5.41) is 3.06. The summed E-state index contributed by atoms with van der Waals surface area (Å²) < 4.78 is 5.51. The Labute approximate surface area is 192 Å². The standard InChI is InChI=1S/C27H36N2O3/c1-26(2,3)32-25(31)28-27(4,17-16-24(30)29-18-8-9-19-29)20-21-12-14-23(15-13-21)22-10-6-5-7-11-22/h5-7,10-15H,8-9,16-20H2,1-4H3,(H,28,31)/t27-/m0/s1. The molecule has 2 aromatic carbocycles. The van der Waals surface area contributed by atoms with Crippen molar-refractivity contribution in [2.45, 2.75) is 70.9 Å². The number of nitrogens with one attached hydrogen (secondary N) is 1. The molecule has 1 heterocycles. The van der Waals surface area contributed by atoms with Gasteiger partial charge in [0.25, 0.3) is 0 Å². The SMILES string of the molecule is CC(C)(C)OC(=O)N[C@@](C)(CCC(=O)N1CCCC1)Cc1ccc(-c2ccccc2)cc1.